The van der Waals surface area contributed by atoms with Gasteiger partial charge in [0.25, 0.3) is 0 Å². The number of ether oxygens (including phenoxy) is 1. The first-order valence-electron chi connectivity index (χ1n) is 4.00. The number of methoxy groups -OCH3 is 1. The SMILES string of the molecule is COc1nc2[nH]c(C)cc2cc1N. The van der Waals surface area contributed by atoms with Crippen molar-refractivity contribution in [1.29, 1.82) is 0 Å². The van der Waals surface area contributed by atoms with Crippen LogP contribution in [0.25, 0.3) is 11.0 Å². The van der Waals surface area contributed by atoms with Crippen molar-refractivity contribution < 1.29 is 4.74 Å². The van der Waals surface area contributed by atoms with E-state index >= 15 is 0 Å². The first kappa shape index (κ1) is 7.91. The van der Waals surface area contributed by atoms with Crippen LogP contribution in [-0.2, 0) is 0 Å². The van der Waals surface area contributed by atoms with Crippen LogP contribution in [-0.4, -0.2) is 17.1 Å². The summed E-state index contributed by atoms with van der Waals surface area (Å²) in [6.07, 6.45) is 0. The fourth-order valence-electron chi connectivity index (χ4n) is 1.36. The minimum Gasteiger partial charge on any atom is -0.479 e. The zero-order chi connectivity index (χ0) is 9.42. The molecule has 0 aliphatic rings. The van der Waals surface area contributed by atoms with E-state index in [0.717, 1.165) is 16.7 Å². The lowest BCUT2D eigenvalue weighted by Crippen LogP contribution is -1.94. The van der Waals surface area contributed by atoms with E-state index in [9.17, 15) is 0 Å². The number of anilines is 1. The number of nitrogens with zero attached hydrogens (tertiary/aromatic N) is 1. The topological polar surface area (TPSA) is 63.9 Å². The zero-order valence-corrected chi connectivity index (χ0v) is 7.59. The van der Waals surface area contributed by atoms with Gasteiger partial charge in [0.15, 0.2) is 0 Å². The second-order valence-corrected chi connectivity index (χ2v) is 2.98. The molecule has 0 spiro atoms. The van der Waals surface area contributed by atoms with Crippen molar-refractivity contribution in [3.05, 3.63) is 17.8 Å². The van der Waals surface area contributed by atoms with E-state index in [1.807, 2.05) is 19.1 Å². The van der Waals surface area contributed by atoms with Gasteiger partial charge >= 0.3 is 0 Å². The van der Waals surface area contributed by atoms with E-state index in [-0.39, 0.29) is 0 Å². The number of H-pyrrole nitrogens is 1. The Hall–Kier alpha value is -1.71. The Labute approximate surface area is 75.7 Å². The summed E-state index contributed by atoms with van der Waals surface area (Å²) in [5.74, 6) is 0.467. The lowest BCUT2D eigenvalue weighted by molar-refractivity contribution is 0.401. The summed E-state index contributed by atoms with van der Waals surface area (Å²) < 4.78 is 5.01. The van der Waals surface area contributed by atoms with Gasteiger partial charge in [-0.05, 0) is 19.1 Å². The fraction of sp³-hybridized carbons (Fsp3) is 0.222. The molecule has 13 heavy (non-hydrogen) atoms. The van der Waals surface area contributed by atoms with Gasteiger partial charge in [-0.3, -0.25) is 0 Å². The highest BCUT2D eigenvalue weighted by Crippen LogP contribution is 2.23. The lowest BCUT2D eigenvalue weighted by Gasteiger charge is -2.01. The third kappa shape index (κ3) is 1.20. The Morgan fingerprint density at radius 1 is 1.46 bits per heavy atom. The Balaban J connectivity index is 2.72. The van der Waals surface area contributed by atoms with Crippen molar-refractivity contribution in [3.63, 3.8) is 0 Å². The van der Waals surface area contributed by atoms with Crippen LogP contribution in [0.4, 0.5) is 5.69 Å². The maximum Gasteiger partial charge on any atom is 0.238 e. The number of nitrogens with one attached hydrogen (secondary N) is 1. The summed E-state index contributed by atoms with van der Waals surface area (Å²) in [6.45, 7) is 1.98. The normalized spacial score (nSPS) is 10.6. The van der Waals surface area contributed by atoms with E-state index in [0.29, 0.717) is 11.6 Å². The predicted octanol–water partition coefficient (Wildman–Crippen LogP) is 1.46. The van der Waals surface area contributed by atoms with Crippen LogP contribution in [0.2, 0.25) is 0 Å². The molecule has 3 N–H and O–H groups in total. The smallest absolute Gasteiger partial charge is 0.238 e. The molecule has 0 unspecified atom stereocenters. The molecule has 0 saturated heterocycles. The Morgan fingerprint density at radius 2 is 2.23 bits per heavy atom. The summed E-state index contributed by atoms with van der Waals surface area (Å²) >= 11 is 0. The highest BCUT2D eigenvalue weighted by Gasteiger charge is 2.05. The van der Waals surface area contributed by atoms with Crippen LogP contribution in [0.1, 0.15) is 5.69 Å². The van der Waals surface area contributed by atoms with Gasteiger partial charge in [0.05, 0.1) is 12.8 Å². The van der Waals surface area contributed by atoms with Gasteiger partial charge in [-0.2, -0.15) is 4.98 Å². The van der Waals surface area contributed by atoms with E-state index in [1.165, 1.54) is 0 Å². The van der Waals surface area contributed by atoms with Crippen molar-refractivity contribution in [2.45, 2.75) is 6.92 Å². The molecule has 0 radical (unpaired) electrons. The van der Waals surface area contributed by atoms with Crippen LogP contribution in [0.15, 0.2) is 12.1 Å². The largest absolute Gasteiger partial charge is 0.479 e. The van der Waals surface area contributed by atoms with Crippen LogP contribution >= 0.6 is 0 Å². The van der Waals surface area contributed by atoms with Gasteiger partial charge in [-0.25, -0.2) is 0 Å². The number of aromatic amines is 1. The van der Waals surface area contributed by atoms with E-state index < -0.39 is 0 Å². The molecular weight excluding hydrogens is 166 g/mol. The average Bonchev–Trinajstić information content (AvgIpc) is 2.42. The van der Waals surface area contributed by atoms with Crippen molar-refractivity contribution in [3.8, 4) is 5.88 Å². The molecule has 68 valence electrons. The molecule has 0 bridgehead atoms. The minimum absolute atomic E-state index is 0.467. The Morgan fingerprint density at radius 3 is 2.92 bits per heavy atom. The number of hydrogen-bond donors (Lipinski definition) is 2. The molecule has 2 heterocycles. The summed E-state index contributed by atoms with van der Waals surface area (Å²) in [6, 6.07) is 3.85. The molecule has 0 saturated carbocycles. The molecule has 4 nitrogen and oxygen atoms in total. The van der Waals surface area contributed by atoms with Crippen LogP contribution in [0.3, 0.4) is 0 Å². The van der Waals surface area contributed by atoms with E-state index in [2.05, 4.69) is 9.97 Å². The predicted molar refractivity (Wildman–Crippen MR) is 51.8 cm³/mol. The van der Waals surface area contributed by atoms with E-state index in [4.69, 9.17) is 10.5 Å². The minimum atomic E-state index is 0.467. The second kappa shape index (κ2) is 2.65. The van der Waals surface area contributed by atoms with Gasteiger partial charge in [-0.1, -0.05) is 0 Å². The molecule has 0 atom stereocenters. The summed E-state index contributed by atoms with van der Waals surface area (Å²) in [5, 5.41) is 1.01. The first-order chi connectivity index (χ1) is 6.20. The van der Waals surface area contributed by atoms with Crippen molar-refractivity contribution in [1.82, 2.24) is 9.97 Å². The number of pyridine rings is 1. The highest BCUT2D eigenvalue weighted by atomic mass is 16.5. The molecule has 0 fully saturated rings. The van der Waals surface area contributed by atoms with Gasteiger partial charge < -0.3 is 15.5 Å². The molecule has 4 heteroatoms. The molecule has 0 aliphatic carbocycles. The van der Waals surface area contributed by atoms with Gasteiger partial charge in [0, 0.05) is 11.1 Å². The number of rotatable bonds is 1. The molecule has 0 aliphatic heterocycles. The van der Waals surface area contributed by atoms with Gasteiger partial charge in [0.1, 0.15) is 5.65 Å². The third-order valence-corrected chi connectivity index (χ3v) is 1.93. The van der Waals surface area contributed by atoms with Gasteiger partial charge in [0.2, 0.25) is 5.88 Å². The zero-order valence-electron chi connectivity index (χ0n) is 7.59. The monoisotopic (exact) mass is 177 g/mol. The summed E-state index contributed by atoms with van der Waals surface area (Å²) in [4.78, 5) is 7.32. The number of nitrogen functional groups attached to an aromatic ring is 1. The van der Waals surface area contributed by atoms with Crippen molar-refractivity contribution in [2.75, 3.05) is 12.8 Å². The molecule has 2 rings (SSSR count). The molecule has 0 amide bonds. The van der Waals surface area contributed by atoms with Crippen molar-refractivity contribution in [2.24, 2.45) is 0 Å². The highest BCUT2D eigenvalue weighted by molar-refractivity contribution is 5.81. The second-order valence-electron chi connectivity index (χ2n) is 2.98. The average molecular weight is 177 g/mol. The number of fused-ring (bicyclic) bond motifs is 1. The molecular formula is C9H11N3O. The summed E-state index contributed by atoms with van der Waals surface area (Å²) in [5.41, 5.74) is 8.14. The first-order valence-corrected chi connectivity index (χ1v) is 4.00. The number of hydrogen-bond acceptors (Lipinski definition) is 3. The fourth-order valence-corrected chi connectivity index (χ4v) is 1.36. The van der Waals surface area contributed by atoms with Gasteiger partial charge in [-0.15, -0.1) is 0 Å². The maximum atomic E-state index is 5.71. The molecule has 2 aromatic heterocycles. The van der Waals surface area contributed by atoms with Crippen LogP contribution in [0, 0.1) is 6.92 Å². The lowest BCUT2D eigenvalue weighted by atomic mass is 10.3. The van der Waals surface area contributed by atoms with E-state index in [1.54, 1.807) is 7.11 Å². The molecule has 2 aromatic rings. The number of aromatic nitrogens is 2. The quantitative estimate of drug-likeness (QED) is 0.693. The standard InChI is InChI=1S/C9H11N3O/c1-5-3-6-4-7(10)9(13-2)12-8(6)11-5/h3-4H,10H2,1-2H3,(H,11,12). The Bertz CT molecular complexity index is 447. The Kier molecular flexibility index (Phi) is 1.62. The molecule has 0 aromatic carbocycles. The third-order valence-electron chi connectivity index (χ3n) is 1.93. The van der Waals surface area contributed by atoms with Crippen LogP contribution < -0.4 is 10.5 Å². The number of aryl methyl sites for hydroxylation is 1. The maximum absolute atomic E-state index is 5.71. The number of nitrogens with two attached hydrogens (primary N) is 1. The summed E-state index contributed by atoms with van der Waals surface area (Å²) in [7, 11) is 1.56. The van der Waals surface area contributed by atoms with Crippen molar-refractivity contribution >= 4 is 16.7 Å². The van der Waals surface area contributed by atoms with Crippen LogP contribution in [0.5, 0.6) is 5.88 Å².